The van der Waals surface area contributed by atoms with Crippen molar-refractivity contribution in [2.45, 2.75) is 19.9 Å². The minimum absolute atomic E-state index is 0.163. The van der Waals surface area contributed by atoms with E-state index in [0.29, 0.717) is 0 Å². The van der Waals surface area contributed by atoms with Crippen LogP contribution in [0.15, 0.2) is 30.3 Å². The van der Waals surface area contributed by atoms with Crippen LogP contribution in [-0.4, -0.2) is 7.11 Å². The highest BCUT2D eigenvalue weighted by Gasteiger charge is 2.09. The van der Waals surface area contributed by atoms with Gasteiger partial charge in [0.1, 0.15) is 0 Å². The third kappa shape index (κ3) is 2.82. The van der Waals surface area contributed by atoms with Gasteiger partial charge in [0.15, 0.2) is 11.6 Å². The zero-order chi connectivity index (χ0) is 13.1. The number of benzene rings is 1. The molecule has 0 bridgehead atoms. The molecule has 4 heteroatoms. The first kappa shape index (κ1) is 12.9. The molecular weight excluding hydrogens is 249 g/mol. The molecule has 0 radical (unpaired) electrons. The highest BCUT2D eigenvalue weighted by molar-refractivity contribution is 7.12. The number of hydrogen-bond acceptors (Lipinski definition) is 3. The van der Waals surface area contributed by atoms with E-state index in [9.17, 15) is 4.39 Å². The van der Waals surface area contributed by atoms with Crippen LogP contribution in [-0.2, 0) is 0 Å². The predicted octanol–water partition coefficient (Wildman–Crippen LogP) is 4.38. The Morgan fingerprint density at radius 3 is 2.61 bits per heavy atom. The molecule has 96 valence electrons. The molecule has 0 fully saturated rings. The van der Waals surface area contributed by atoms with Crippen molar-refractivity contribution >= 4 is 17.0 Å². The first-order chi connectivity index (χ1) is 8.60. The Labute approximate surface area is 110 Å². The predicted molar refractivity (Wildman–Crippen MR) is 74.0 cm³/mol. The number of thiophene rings is 1. The molecule has 1 atom stereocenters. The van der Waals surface area contributed by atoms with Gasteiger partial charge in [0, 0.05) is 21.5 Å². The second-order valence-corrected chi connectivity index (χ2v) is 5.48. The van der Waals surface area contributed by atoms with E-state index < -0.39 is 0 Å². The second kappa shape index (κ2) is 5.40. The SMILES string of the molecule is COc1ccc(NC(C)c2ccc(C)s2)cc1F. The van der Waals surface area contributed by atoms with Crippen LogP contribution in [0.1, 0.15) is 22.7 Å². The Bertz CT molecular complexity index is 538. The van der Waals surface area contributed by atoms with Crippen molar-refractivity contribution in [3.63, 3.8) is 0 Å². The fourth-order valence-corrected chi connectivity index (χ4v) is 2.64. The molecule has 0 aliphatic heterocycles. The summed E-state index contributed by atoms with van der Waals surface area (Å²) in [5.74, 6) is -0.0859. The molecule has 1 heterocycles. The number of ether oxygens (including phenoxy) is 1. The van der Waals surface area contributed by atoms with Crippen molar-refractivity contribution in [1.82, 2.24) is 0 Å². The van der Waals surface area contributed by atoms with Gasteiger partial charge in [0.25, 0.3) is 0 Å². The minimum atomic E-state index is -0.350. The van der Waals surface area contributed by atoms with Crippen molar-refractivity contribution in [2.24, 2.45) is 0 Å². The maximum atomic E-state index is 13.5. The van der Waals surface area contributed by atoms with Crippen LogP contribution in [0.4, 0.5) is 10.1 Å². The summed E-state index contributed by atoms with van der Waals surface area (Å²) in [5, 5.41) is 3.28. The van der Waals surface area contributed by atoms with E-state index in [4.69, 9.17) is 4.74 Å². The quantitative estimate of drug-likeness (QED) is 0.886. The largest absolute Gasteiger partial charge is 0.494 e. The fraction of sp³-hybridized carbons (Fsp3) is 0.286. The molecule has 1 aromatic carbocycles. The summed E-state index contributed by atoms with van der Waals surface area (Å²) in [6, 6.07) is 9.25. The number of nitrogens with one attached hydrogen (secondary N) is 1. The number of rotatable bonds is 4. The van der Waals surface area contributed by atoms with Gasteiger partial charge in [-0.2, -0.15) is 0 Å². The molecule has 1 unspecified atom stereocenters. The molecule has 1 N–H and O–H groups in total. The monoisotopic (exact) mass is 265 g/mol. The van der Waals surface area contributed by atoms with Crippen LogP contribution in [0.3, 0.4) is 0 Å². The highest BCUT2D eigenvalue weighted by Crippen LogP contribution is 2.27. The maximum absolute atomic E-state index is 13.5. The summed E-state index contributed by atoms with van der Waals surface area (Å²) < 4.78 is 18.4. The maximum Gasteiger partial charge on any atom is 0.167 e. The lowest BCUT2D eigenvalue weighted by Gasteiger charge is -2.14. The van der Waals surface area contributed by atoms with E-state index >= 15 is 0 Å². The minimum Gasteiger partial charge on any atom is -0.494 e. The first-order valence-electron chi connectivity index (χ1n) is 5.76. The van der Waals surface area contributed by atoms with E-state index in [1.807, 2.05) is 6.07 Å². The lowest BCUT2D eigenvalue weighted by molar-refractivity contribution is 0.386. The van der Waals surface area contributed by atoms with Crippen LogP contribution in [0.2, 0.25) is 0 Å². The molecule has 18 heavy (non-hydrogen) atoms. The molecule has 2 nitrogen and oxygen atoms in total. The number of anilines is 1. The van der Waals surface area contributed by atoms with Gasteiger partial charge in [0.05, 0.1) is 13.2 Å². The number of halogens is 1. The standard InChI is InChI=1S/C14H16FNOS/c1-9-4-7-14(18-9)10(2)16-11-5-6-13(17-3)12(15)8-11/h4-8,10,16H,1-3H3. The molecule has 1 aromatic heterocycles. The number of aryl methyl sites for hydroxylation is 1. The second-order valence-electron chi connectivity index (χ2n) is 4.16. The van der Waals surface area contributed by atoms with Gasteiger partial charge < -0.3 is 10.1 Å². The van der Waals surface area contributed by atoms with E-state index in [0.717, 1.165) is 5.69 Å². The Balaban J connectivity index is 2.12. The van der Waals surface area contributed by atoms with Crippen LogP contribution in [0.25, 0.3) is 0 Å². The van der Waals surface area contributed by atoms with Gasteiger partial charge in [-0.3, -0.25) is 0 Å². The zero-order valence-corrected chi connectivity index (χ0v) is 11.5. The Kier molecular flexibility index (Phi) is 3.87. The third-order valence-electron chi connectivity index (χ3n) is 2.72. The van der Waals surface area contributed by atoms with Crippen LogP contribution in [0, 0.1) is 12.7 Å². The highest BCUT2D eigenvalue weighted by atomic mass is 32.1. The molecule has 0 saturated carbocycles. The van der Waals surface area contributed by atoms with E-state index in [2.05, 4.69) is 31.3 Å². The van der Waals surface area contributed by atoms with Crippen LogP contribution in [0.5, 0.6) is 5.75 Å². The average Bonchev–Trinajstić information content (AvgIpc) is 2.76. The van der Waals surface area contributed by atoms with Crippen molar-refractivity contribution in [1.29, 1.82) is 0 Å². The lowest BCUT2D eigenvalue weighted by Crippen LogP contribution is -2.05. The molecule has 2 rings (SSSR count). The van der Waals surface area contributed by atoms with Gasteiger partial charge >= 0.3 is 0 Å². The summed E-state index contributed by atoms with van der Waals surface area (Å²) in [5.41, 5.74) is 0.756. The molecular formula is C14H16FNOS. The van der Waals surface area contributed by atoms with Gasteiger partial charge in [-0.25, -0.2) is 4.39 Å². The Morgan fingerprint density at radius 1 is 1.28 bits per heavy atom. The summed E-state index contributed by atoms with van der Waals surface area (Å²) in [6.45, 7) is 4.14. The third-order valence-corrected chi connectivity index (χ3v) is 3.91. The molecule has 0 saturated heterocycles. The summed E-state index contributed by atoms with van der Waals surface area (Å²) in [4.78, 5) is 2.52. The normalized spacial score (nSPS) is 12.2. The van der Waals surface area contributed by atoms with Crippen molar-refractivity contribution in [3.05, 3.63) is 45.9 Å². The van der Waals surface area contributed by atoms with Crippen LogP contribution >= 0.6 is 11.3 Å². The summed E-state index contributed by atoms with van der Waals surface area (Å²) in [6.07, 6.45) is 0. The summed E-state index contributed by atoms with van der Waals surface area (Å²) >= 11 is 1.75. The molecule has 2 aromatic rings. The molecule has 0 amide bonds. The molecule has 0 aliphatic carbocycles. The smallest absolute Gasteiger partial charge is 0.167 e. The van der Waals surface area contributed by atoms with Gasteiger partial charge in [-0.1, -0.05) is 0 Å². The zero-order valence-electron chi connectivity index (χ0n) is 10.7. The van der Waals surface area contributed by atoms with Crippen molar-refractivity contribution in [2.75, 3.05) is 12.4 Å². The first-order valence-corrected chi connectivity index (χ1v) is 6.58. The van der Waals surface area contributed by atoms with E-state index in [1.165, 1.54) is 22.9 Å². The molecule has 0 spiro atoms. The lowest BCUT2D eigenvalue weighted by atomic mass is 10.2. The van der Waals surface area contributed by atoms with Gasteiger partial charge in [0.2, 0.25) is 0 Å². The fourth-order valence-electron chi connectivity index (χ4n) is 1.76. The summed E-state index contributed by atoms with van der Waals surface area (Å²) in [7, 11) is 1.46. The van der Waals surface area contributed by atoms with Crippen molar-refractivity contribution in [3.8, 4) is 5.75 Å². The number of methoxy groups -OCH3 is 1. The van der Waals surface area contributed by atoms with E-state index in [-0.39, 0.29) is 17.6 Å². The van der Waals surface area contributed by atoms with Crippen molar-refractivity contribution < 1.29 is 9.13 Å². The molecule has 0 aliphatic rings. The van der Waals surface area contributed by atoms with Gasteiger partial charge in [-0.05, 0) is 38.1 Å². The topological polar surface area (TPSA) is 21.3 Å². The van der Waals surface area contributed by atoms with Gasteiger partial charge in [-0.15, -0.1) is 11.3 Å². The Morgan fingerprint density at radius 2 is 2.06 bits per heavy atom. The Hall–Kier alpha value is -1.55. The number of hydrogen-bond donors (Lipinski definition) is 1. The van der Waals surface area contributed by atoms with E-state index in [1.54, 1.807) is 17.4 Å². The van der Waals surface area contributed by atoms with Crippen LogP contribution < -0.4 is 10.1 Å². The average molecular weight is 265 g/mol.